The molecule has 0 fully saturated rings. The highest BCUT2D eigenvalue weighted by Crippen LogP contribution is 2.13. The number of hydrogen-bond donors (Lipinski definition) is 5. The summed E-state index contributed by atoms with van der Waals surface area (Å²) in [6.45, 7) is 0. The third-order valence-electron chi connectivity index (χ3n) is 2.94. The second-order valence-electron chi connectivity index (χ2n) is 4.57. The van der Waals surface area contributed by atoms with Gasteiger partial charge in [0.1, 0.15) is 0 Å². The Morgan fingerprint density at radius 3 is 2.17 bits per heavy atom. The van der Waals surface area contributed by atoms with Crippen LogP contribution in [0.5, 0.6) is 0 Å². The van der Waals surface area contributed by atoms with E-state index in [-0.39, 0.29) is 0 Å². The highest BCUT2D eigenvalue weighted by Gasteiger charge is 2.05. The molecule has 0 bridgehead atoms. The monoisotopic (exact) mass is 329 g/mol. The Kier molecular flexibility index (Phi) is 5.23. The molecular formula is C15H15N5O2S. The first-order chi connectivity index (χ1) is 11.0. The maximum absolute atomic E-state index is 11.5. The van der Waals surface area contributed by atoms with Gasteiger partial charge in [0.15, 0.2) is 5.11 Å². The number of anilines is 2. The second kappa shape index (κ2) is 7.34. The third-order valence-corrected chi connectivity index (χ3v) is 3.15. The molecule has 0 aromatic heterocycles. The SMILES string of the molecule is NNC(=O)c1cccc(NC(=S)Nc2ccc(C(N)=O)cc2)c1. The lowest BCUT2D eigenvalue weighted by molar-refractivity contribution is 0.0952. The van der Waals surface area contributed by atoms with Crippen LogP contribution in [0.2, 0.25) is 0 Å². The van der Waals surface area contributed by atoms with Crippen molar-refractivity contribution in [2.45, 2.75) is 0 Å². The largest absolute Gasteiger partial charge is 0.366 e. The zero-order chi connectivity index (χ0) is 16.8. The van der Waals surface area contributed by atoms with E-state index in [9.17, 15) is 9.59 Å². The minimum atomic E-state index is -0.493. The maximum Gasteiger partial charge on any atom is 0.265 e. The molecule has 0 heterocycles. The normalized spacial score (nSPS) is 9.78. The summed E-state index contributed by atoms with van der Waals surface area (Å²) in [6, 6.07) is 13.3. The van der Waals surface area contributed by atoms with Crippen molar-refractivity contribution in [3.8, 4) is 0 Å². The van der Waals surface area contributed by atoms with Gasteiger partial charge in [-0.15, -0.1) is 0 Å². The first-order valence-corrected chi connectivity index (χ1v) is 6.99. The first-order valence-electron chi connectivity index (χ1n) is 6.58. The number of rotatable bonds is 4. The molecule has 0 aliphatic carbocycles. The molecule has 8 heteroatoms. The zero-order valence-electron chi connectivity index (χ0n) is 12.0. The Balaban J connectivity index is 2.02. The summed E-state index contributed by atoms with van der Waals surface area (Å²) in [5.74, 6) is 4.21. The van der Waals surface area contributed by atoms with Crippen molar-refractivity contribution >= 4 is 40.5 Å². The molecule has 23 heavy (non-hydrogen) atoms. The zero-order valence-corrected chi connectivity index (χ0v) is 12.8. The van der Waals surface area contributed by atoms with E-state index in [0.29, 0.717) is 27.6 Å². The van der Waals surface area contributed by atoms with E-state index in [1.807, 2.05) is 0 Å². The summed E-state index contributed by atoms with van der Waals surface area (Å²) in [7, 11) is 0. The van der Waals surface area contributed by atoms with Gasteiger partial charge >= 0.3 is 0 Å². The molecular weight excluding hydrogens is 314 g/mol. The summed E-state index contributed by atoms with van der Waals surface area (Å²) in [5, 5.41) is 6.25. The van der Waals surface area contributed by atoms with Crippen molar-refractivity contribution < 1.29 is 9.59 Å². The Morgan fingerprint density at radius 2 is 1.57 bits per heavy atom. The van der Waals surface area contributed by atoms with Gasteiger partial charge in [0.2, 0.25) is 5.91 Å². The number of thiocarbonyl (C=S) groups is 1. The van der Waals surface area contributed by atoms with E-state index in [4.69, 9.17) is 23.8 Å². The Labute approximate surface area is 138 Å². The molecule has 0 aliphatic rings. The van der Waals surface area contributed by atoms with E-state index in [1.165, 1.54) is 0 Å². The Bertz CT molecular complexity index is 746. The predicted octanol–water partition coefficient (Wildman–Crippen LogP) is 1.20. The molecule has 7 nitrogen and oxygen atoms in total. The fourth-order valence-electron chi connectivity index (χ4n) is 1.83. The lowest BCUT2D eigenvalue weighted by atomic mass is 10.2. The van der Waals surface area contributed by atoms with Crippen molar-refractivity contribution in [3.63, 3.8) is 0 Å². The molecule has 2 aromatic carbocycles. The van der Waals surface area contributed by atoms with Crippen molar-refractivity contribution in [1.29, 1.82) is 0 Å². The molecule has 0 atom stereocenters. The average molecular weight is 329 g/mol. The number of hydrogen-bond acceptors (Lipinski definition) is 4. The van der Waals surface area contributed by atoms with Crippen molar-refractivity contribution in [2.24, 2.45) is 11.6 Å². The van der Waals surface area contributed by atoms with Crippen LogP contribution >= 0.6 is 12.2 Å². The number of hydrazine groups is 1. The first kappa shape index (κ1) is 16.4. The topological polar surface area (TPSA) is 122 Å². The number of carbonyl (C=O) groups is 2. The maximum atomic E-state index is 11.5. The number of nitrogen functional groups attached to an aromatic ring is 1. The van der Waals surface area contributed by atoms with Crippen molar-refractivity contribution in [3.05, 3.63) is 59.7 Å². The molecule has 2 aromatic rings. The third kappa shape index (κ3) is 4.50. The Hall–Kier alpha value is -2.97. The minimum Gasteiger partial charge on any atom is -0.366 e. The van der Waals surface area contributed by atoms with Gasteiger partial charge < -0.3 is 16.4 Å². The number of primary amides is 1. The van der Waals surface area contributed by atoms with Crippen LogP contribution in [0.25, 0.3) is 0 Å². The summed E-state index contributed by atoms with van der Waals surface area (Å²) in [5.41, 5.74) is 9.40. The Morgan fingerprint density at radius 1 is 0.913 bits per heavy atom. The van der Waals surface area contributed by atoms with Crippen molar-refractivity contribution in [1.82, 2.24) is 5.43 Å². The number of benzene rings is 2. The quantitative estimate of drug-likeness (QED) is 0.249. The van der Waals surface area contributed by atoms with E-state index < -0.39 is 11.8 Å². The van der Waals surface area contributed by atoms with Crippen molar-refractivity contribution in [2.75, 3.05) is 10.6 Å². The number of amides is 2. The van der Waals surface area contributed by atoms with Crippen LogP contribution in [-0.2, 0) is 0 Å². The molecule has 2 amide bonds. The van der Waals surface area contributed by atoms with Crippen LogP contribution in [0.15, 0.2) is 48.5 Å². The standard InChI is InChI=1S/C15H15N5O2S/c16-13(21)9-4-6-11(7-5-9)18-15(23)19-12-3-1-2-10(8-12)14(22)20-17/h1-8H,17H2,(H2,16,21)(H,20,22)(H2,18,19,23). The molecule has 0 unspecified atom stereocenters. The van der Waals surface area contributed by atoms with E-state index >= 15 is 0 Å². The average Bonchev–Trinajstić information content (AvgIpc) is 2.54. The van der Waals surface area contributed by atoms with Gasteiger partial charge in [-0.05, 0) is 54.7 Å². The summed E-state index contributed by atoms with van der Waals surface area (Å²) >= 11 is 5.20. The van der Waals surface area contributed by atoms with Crippen LogP contribution in [-0.4, -0.2) is 16.9 Å². The van der Waals surface area contributed by atoms with Gasteiger partial charge in [0.25, 0.3) is 5.91 Å². The smallest absolute Gasteiger partial charge is 0.265 e. The molecule has 7 N–H and O–H groups in total. The molecule has 0 saturated carbocycles. The molecule has 118 valence electrons. The fourth-order valence-corrected chi connectivity index (χ4v) is 2.07. The lowest BCUT2D eigenvalue weighted by Gasteiger charge is -2.11. The van der Waals surface area contributed by atoms with E-state index in [2.05, 4.69) is 16.1 Å². The molecule has 0 spiro atoms. The number of nitrogens with one attached hydrogen (secondary N) is 3. The van der Waals surface area contributed by atoms with Crippen LogP contribution in [0.3, 0.4) is 0 Å². The molecule has 2 rings (SSSR count). The highest BCUT2D eigenvalue weighted by molar-refractivity contribution is 7.80. The van der Waals surface area contributed by atoms with E-state index in [0.717, 1.165) is 0 Å². The molecule has 0 radical (unpaired) electrons. The number of carbonyl (C=O) groups excluding carboxylic acids is 2. The fraction of sp³-hybridized carbons (Fsp3) is 0. The lowest BCUT2D eigenvalue weighted by Crippen LogP contribution is -2.30. The molecule has 0 saturated heterocycles. The van der Waals surface area contributed by atoms with Gasteiger partial charge in [-0.25, -0.2) is 5.84 Å². The predicted molar refractivity (Wildman–Crippen MR) is 92.9 cm³/mol. The van der Waals surface area contributed by atoms with Gasteiger partial charge in [0, 0.05) is 22.5 Å². The van der Waals surface area contributed by atoms with Crippen LogP contribution in [0, 0.1) is 0 Å². The highest BCUT2D eigenvalue weighted by atomic mass is 32.1. The van der Waals surface area contributed by atoms with Gasteiger partial charge in [-0.3, -0.25) is 15.0 Å². The summed E-state index contributed by atoms with van der Waals surface area (Å²) in [4.78, 5) is 22.5. The number of nitrogens with two attached hydrogens (primary N) is 2. The molecule has 0 aliphatic heterocycles. The van der Waals surface area contributed by atoms with Crippen LogP contribution in [0.4, 0.5) is 11.4 Å². The van der Waals surface area contributed by atoms with Crippen LogP contribution < -0.4 is 27.6 Å². The van der Waals surface area contributed by atoms with Crippen LogP contribution in [0.1, 0.15) is 20.7 Å². The van der Waals surface area contributed by atoms with Gasteiger partial charge in [0.05, 0.1) is 0 Å². The minimum absolute atomic E-state index is 0.335. The van der Waals surface area contributed by atoms with Gasteiger partial charge in [-0.2, -0.15) is 0 Å². The van der Waals surface area contributed by atoms with E-state index in [1.54, 1.807) is 48.5 Å². The summed E-state index contributed by atoms with van der Waals surface area (Å²) < 4.78 is 0. The second-order valence-corrected chi connectivity index (χ2v) is 4.98. The van der Waals surface area contributed by atoms with Gasteiger partial charge in [-0.1, -0.05) is 6.07 Å². The summed E-state index contributed by atoms with van der Waals surface area (Å²) in [6.07, 6.45) is 0.